The molecule has 3 fully saturated rings. The van der Waals surface area contributed by atoms with Crippen LogP contribution in [-0.4, -0.2) is 74.0 Å². The van der Waals surface area contributed by atoms with Gasteiger partial charge in [-0.25, -0.2) is 9.59 Å². The summed E-state index contributed by atoms with van der Waals surface area (Å²) in [6.45, 7) is 3.26. The molecule has 158 valence electrons. The van der Waals surface area contributed by atoms with E-state index in [-0.39, 0.29) is 24.9 Å². The van der Waals surface area contributed by atoms with Crippen molar-refractivity contribution in [3.63, 3.8) is 0 Å². The Morgan fingerprint density at radius 1 is 1.21 bits per heavy atom. The maximum absolute atomic E-state index is 12.6. The maximum Gasteiger partial charge on any atom is 0.456 e. The number of nitrogens with one attached hydrogen (secondary N) is 2. The molecule has 12 nitrogen and oxygen atoms in total. The molecule has 0 aliphatic carbocycles. The summed E-state index contributed by atoms with van der Waals surface area (Å²) in [5.74, 6) is -1.16. The number of carbonyl (C=O) groups excluding carboxylic acids is 3. The Morgan fingerprint density at radius 2 is 1.93 bits per heavy atom. The molecule has 0 aromatic carbocycles. The zero-order valence-corrected chi connectivity index (χ0v) is 16.3. The molecule has 0 unspecified atom stereocenters. The summed E-state index contributed by atoms with van der Waals surface area (Å²) in [7, 11) is -4.77. The normalized spacial score (nSPS) is 25.7. The molecular weight excluding hydrogens is 396 g/mol. The minimum Gasteiger partial charge on any atom is -0.351 e. The van der Waals surface area contributed by atoms with Gasteiger partial charge in [0.05, 0.1) is 6.04 Å². The predicted octanol–water partition coefficient (Wildman–Crippen LogP) is -0.816. The van der Waals surface area contributed by atoms with E-state index >= 15 is 0 Å². The number of piperidine rings is 2. The molecule has 0 aromatic heterocycles. The summed E-state index contributed by atoms with van der Waals surface area (Å²) in [5.41, 5.74) is 0. The van der Waals surface area contributed by atoms with Crippen molar-refractivity contribution in [1.82, 2.24) is 20.6 Å². The molecule has 3 amide bonds. The molecule has 2 N–H and O–H groups in total. The van der Waals surface area contributed by atoms with Gasteiger partial charge < -0.3 is 15.5 Å². The predicted molar refractivity (Wildman–Crippen MR) is 92.3 cm³/mol. The zero-order valence-electron chi connectivity index (χ0n) is 15.5. The summed E-state index contributed by atoms with van der Waals surface area (Å²) >= 11 is 0. The van der Waals surface area contributed by atoms with Crippen LogP contribution in [0.1, 0.15) is 39.0 Å². The van der Waals surface area contributed by atoms with Crippen LogP contribution in [0.25, 0.3) is 0 Å². The number of fused-ring (bicyclic) bond motifs is 2. The number of carbonyl (C=O) groups is 3. The van der Waals surface area contributed by atoms with Crippen LogP contribution in [0, 0.1) is 0 Å². The Morgan fingerprint density at radius 3 is 2.61 bits per heavy atom. The second-order valence-electron chi connectivity index (χ2n) is 6.90. The Hall–Kier alpha value is -1.96. The molecule has 0 spiro atoms. The molecule has 3 aliphatic rings. The van der Waals surface area contributed by atoms with E-state index in [0.717, 1.165) is 25.9 Å². The first kappa shape index (κ1) is 20.8. The number of hydrogen-bond acceptors (Lipinski definition) is 9. The van der Waals surface area contributed by atoms with Crippen molar-refractivity contribution >= 4 is 28.3 Å². The highest BCUT2D eigenvalue weighted by Gasteiger charge is 2.50. The lowest BCUT2D eigenvalue weighted by molar-refractivity contribution is -0.220. The molecule has 0 radical (unpaired) electrons. The largest absolute Gasteiger partial charge is 0.456 e. The topological polar surface area (TPSA) is 144 Å². The van der Waals surface area contributed by atoms with Crippen molar-refractivity contribution in [2.75, 3.05) is 19.6 Å². The van der Waals surface area contributed by atoms with Crippen molar-refractivity contribution in [1.29, 1.82) is 0 Å². The molecule has 0 saturated carbocycles. The quantitative estimate of drug-likeness (QED) is 0.399. The zero-order chi connectivity index (χ0) is 20.3. The highest BCUT2D eigenvalue weighted by Crippen LogP contribution is 2.31. The van der Waals surface area contributed by atoms with Crippen LogP contribution in [0.2, 0.25) is 0 Å². The first-order valence-electron chi connectivity index (χ1n) is 9.25. The van der Waals surface area contributed by atoms with Crippen molar-refractivity contribution in [2.24, 2.45) is 0 Å². The molecule has 13 heteroatoms. The highest BCUT2D eigenvalue weighted by molar-refractivity contribution is 7.81. The second-order valence-corrected chi connectivity index (χ2v) is 8.00. The molecular formula is C15H24N4O8S. The third-order valence-corrected chi connectivity index (χ3v) is 5.56. The van der Waals surface area contributed by atoms with E-state index in [1.54, 1.807) is 0 Å². The number of nitrogens with zero attached hydrogens (tertiary/aromatic N) is 2. The first-order valence-corrected chi connectivity index (χ1v) is 10.6. The van der Waals surface area contributed by atoms with E-state index in [4.69, 9.17) is 0 Å². The van der Waals surface area contributed by atoms with Crippen molar-refractivity contribution < 1.29 is 36.3 Å². The monoisotopic (exact) mass is 420 g/mol. The number of rotatable bonds is 7. The van der Waals surface area contributed by atoms with Gasteiger partial charge in [0.2, 0.25) is 5.91 Å². The van der Waals surface area contributed by atoms with Gasteiger partial charge in [0.1, 0.15) is 6.04 Å². The summed E-state index contributed by atoms with van der Waals surface area (Å²) in [4.78, 5) is 41.6. The van der Waals surface area contributed by atoms with Gasteiger partial charge in [-0.05, 0) is 43.1 Å². The lowest BCUT2D eigenvalue weighted by Gasteiger charge is -2.32. The fourth-order valence-corrected chi connectivity index (χ4v) is 4.08. The minimum atomic E-state index is -4.77. The van der Waals surface area contributed by atoms with Crippen LogP contribution >= 0.6 is 0 Å². The van der Waals surface area contributed by atoms with E-state index < -0.39 is 34.5 Å². The summed E-state index contributed by atoms with van der Waals surface area (Å²) < 4.78 is 32.3. The molecule has 3 aliphatic heterocycles. The van der Waals surface area contributed by atoms with Crippen LogP contribution in [0.5, 0.6) is 0 Å². The van der Waals surface area contributed by atoms with E-state index in [0.29, 0.717) is 17.9 Å². The van der Waals surface area contributed by atoms with E-state index in [1.807, 2.05) is 0 Å². The summed E-state index contributed by atoms with van der Waals surface area (Å²) in [6, 6.07) is -1.93. The summed E-state index contributed by atoms with van der Waals surface area (Å²) in [5, 5.41) is 6.83. The third kappa shape index (κ3) is 4.71. The standard InChI is InChI=1S/C15H24N4O8S/c1-2-13(20)25-27-28(23,24)26-19-11-3-4-12(18(9-11)15(19)22)14(21)17-10-5-7-16-8-6-10/h10-12,16H,2-9H2,1H3,(H,17,21)/t11-,12+/m1/s1. The van der Waals surface area contributed by atoms with E-state index in [9.17, 15) is 22.8 Å². The third-order valence-electron chi connectivity index (χ3n) is 4.98. The average Bonchev–Trinajstić information content (AvgIpc) is 2.91. The number of hydroxylamine groups is 2. The Bertz CT molecular complexity index is 724. The number of hydrogen-bond donors (Lipinski definition) is 2. The van der Waals surface area contributed by atoms with Crippen molar-refractivity contribution in [2.45, 2.75) is 57.2 Å². The fraction of sp³-hybridized carbons (Fsp3) is 0.800. The Labute approximate surface area is 162 Å². The van der Waals surface area contributed by atoms with Crippen LogP contribution in [0.4, 0.5) is 4.79 Å². The smallest absolute Gasteiger partial charge is 0.351 e. The summed E-state index contributed by atoms with van der Waals surface area (Å²) in [6.07, 6.45) is 2.31. The van der Waals surface area contributed by atoms with Gasteiger partial charge in [-0.3, -0.25) is 9.68 Å². The van der Waals surface area contributed by atoms with E-state index in [1.165, 1.54) is 11.8 Å². The molecule has 2 bridgehead atoms. The lowest BCUT2D eigenvalue weighted by atomic mass is 9.99. The van der Waals surface area contributed by atoms with Gasteiger partial charge in [-0.15, -0.1) is 4.28 Å². The maximum atomic E-state index is 12.6. The number of amides is 3. The highest BCUT2D eigenvalue weighted by atomic mass is 32.3. The Balaban J connectivity index is 1.59. The van der Waals surface area contributed by atoms with Gasteiger partial charge in [0.15, 0.2) is 0 Å². The Kier molecular flexibility index (Phi) is 6.37. The van der Waals surface area contributed by atoms with Gasteiger partial charge in [-0.2, -0.15) is 13.5 Å². The number of urea groups is 1. The average molecular weight is 420 g/mol. The van der Waals surface area contributed by atoms with Crippen LogP contribution in [0.3, 0.4) is 0 Å². The van der Waals surface area contributed by atoms with Crippen molar-refractivity contribution in [3.05, 3.63) is 0 Å². The lowest BCUT2D eigenvalue weighted by Crippen LogP contribution is -2.53. The van der Waals surface area contributed by atoms with Crippen molar-refractivity contribution in [3.8, 4) is 0 Å². The first-order chi connectivity index (χ1) is 13.3. The molecule has 3 saturated heterocycles. The van der Waals surface area contributed by atoms with Gasteiger partial charge >= 0.3 is 22.4 Å². The van der Waals surface area contributed by atoms with Gasteiger partial charge in [0, 0.05) is 19.0 Å². The molecule has 3 rings (SSSR count). The van der Waals surface area contributed by atoms with Crippen LogP contribution in [-0.2, 0) is 33.5 Å². The van der Waals surface area contributed by atoms with Gasteiger partial charge in [-0.1, -0.05) is 6.92 Å². The van der Waals surface area contributed by atoms with Gasteiger partial charge in [0.25, 0.3) is 0 Å². The molecule has 28 heavy (non-hydrogen) atoms. The molecule has 3 heterocycles. The minimum absolute atomic E-state index is 0.0542. The second kappa shape index (κ2) is 8.59. The molecule has 2 atom stereocenters. The van der Waals surface area contributed by atoms with Crippen LogP contribution in [0.15, 0.2) is 0 Å². The fourth-order valence-electron chi connectivity index (χ4n) is 3.52. The van der Waals surface area contributed by atoms with E-state index in [2.05, 4.69) is 24.1 Å². The molecule has 0 aromatic rings. The SMILES string of the molecule is CCC(=O)OOS(=O)(=O)ON1C(=O)N2C[C@H]1CC[C@H]2C(=O)NC1CCNCC1. The van der Waals surface area contributed by atoms with Crippen LogP contribution < -0.4 is 10.6 Å².